The van der Waals surface area contributed by atoms with E-state index in [0.717, 1.165) is 28.7 Å². The number of carbonyl (C=O) groups is 1. The van der Waals surface area contributed by atoms with Gasteiger partial charge in [-0.2, -0.15) is 0 Å². The number of nitrogens with zero attached hydrogens (tertiary/aromatic N) is 2. The number of carbonyl (C=O) groups excluding carboxylic acids is 1. The Morgan fingerprint density at radius 1 is 0.805 bits per heavy atom. The van der Waals surface area contributed by atoms with Crippen molar-refractivity contribution < 1.29 is 13.2 Å². The summed E-state index contributed by atoms with van der Waals surface area (Å²) in [4.78, 5) is 17.2. The van der Waals surface area contributed by atoms with Crippen molar-refractivity contribution >= 4 is 38.9 Å². The van der Waals surface area contributed by atoms with Crippen LogP contribution in [0.4, 0.5) is 11.4 Å². The minimum atomic E-state index is -3.89. The molecular formula is C33H28ClN3O3S. The van der Waals surface area contributed by atoms with Gasteiger partial charge < -0.3 is 5.32 Å². The number of benzene rings is 4. The fraction of sp³-hybridized carbons (Fsp3) is 0.0909. The Bertz CT molecular complexity index is 1740. The maximum absolute atomic E-state index is 13.7. The first-order chi connectivity index (χ1) is 19.8. The monoisotopic (exact) mass is 581 g/mol. The highest BCUT2D eigenvalue weighted by Gasteiger charge is 2.26. The number of rotatable bonds is 9. The first-order valence-corrected chi connectivity index (χ1v) is 14.8. The summed E-state index contributed by atoms with van der Waals surface area (Å²) in [6.07, 6.45) is 4.32. The fourth-order valence-corrected chi connectivity index (χ4v) is 6.14. The molecule has 0 aliphatic heterocycles. The average Bonchev–Trinajstić information content (AvgIpc) is 2.99. The van der Waals surface area contributed by atoms with Gasteiger partial charge in [-0.15, -0.1) is 0 Å². The molecule has 5 rings (SSSR count). The fourth-order valence-electron chi connectivity index (χ4n) is 4.44. The lowest BCUT2D eigenvalue weighted by Gasteiger charge is -2.26. The van der Waals surface area contributed by atoms with Crippen molar-refractivity contribution in [1.29, 1.82) is 0 Å². The van der Waals surface area contributed by atoms with E-state index < -0.39 is 10.0 Å². The molecule has 0 bridgehead atoms. The van der Waals surface area contributed by atoms with Gasteiger partial charge in [-0.1, -0.05) is 60.1 Å². The summed E-state index contributed by atoms with van der Waals surface area (Å²) in [5.41, 5.74) is 5.44. The predicted octanol–water partition coefficient (Wildman–Crippen LogP) is 7.28. The maximum Gasteiger partial charge on any atom is 0.264 e. The molecule has 0 spiro atoms. The summed E-state index contributed by atoms with van der Waals surface area (Å²) in [6.45, 7) is 1.91. The van der Waals surface area contributed by atoms with Crippen LogP contribution in [0.3, 0.4) is 0 Å². The van der Waals surface area contributed by atoms with Gasteiger partial charge >= 0.3 is 0 Å². The molecule has 41 heavy (non-hydrogen) atoms. The van der Waals surface area contributed by atoms with Gasteiger partial charge in [0.05, 0.1) is 17.1 Å². The largest absolute Gasteiger partial charge is 0.322 e. The molecular weight excluding hydrogens is 554 g/mol. The van der Waals surface area contributed by atoms with Crippen molar-refractivity contribution in [3.63, 3.8) is 0 Å². The van der Waals surface area contributed by atoms with E-state index in [1.54, 1.807) is 85.2 Å². The first kappa shape index (κ1) is 28.1. The van der Waals surface area contributed by atoms with Gasteiger partial charge in [-0.3, -0.25) is 14.1 Å². The summed E-state index contributed by atoms with van der Waals surface area (Å²) in [5, 5.41) is 3.37. The number of sulfonamides is 1. The molecule has 0 aliphatic rings. The Labute approximate surface area is 245 Å². The average molecular weight is 582 g/mol. The van der Waals surface area contributed by atoms with Crippen LogP contribution < -0.4 is 9.62 Å². The number of nitrogens with one attached hydrogen (secondary N) is 1. The van der Waals surface area contributed by atoms with E-state index in [0.29, 0.717) is 22.0 Å². The molecule has 0 fully saturated rings. The van der Waals surface area contributed by atoms with Gasteiger partial charge in [-0.05, 0) is 96.3 Å². The van der Waals surface area contributed by atoms with Crippen LogP contribution in [0.5, 0.6) is 0 Å². The molecule has 0 aliphatic carbocycles. The normalized spacial score (nSPS) is 11.2. The number of pyridine rings is 1. The van der Waals surface area contributed by atoms with Crippen LogP contribution in [0.1, 0.15) is 32.6 Å². The molecule has 0 atom stereocenters. The summed E-state index contributed by atoms with van der Waals surface area (Å²) >= 11 is 6.26. The number of amides is 1. The van der Waals surface area contributed by atoms with E-state index in [1.165, 1.54) is 4.31 Å². The van der Waals surface area contributed by atoms with Gasteiger partial charge in [0.15, 0.2) is 0 Å². The molecule has 206 valence electrons. The second-order valence-corrected chi connectivity index (χ2v) is 11.9. The highest BCUT2D eigenvalue weighted by atomic mass is 35.5. The number of hydrogen-bond acceptors (Lipinski definition) is 4. The number of hydrogen-bond donors (Lipinski definition) is 1. The van der Waals surface area contributed by atoms with E-state index in [9.17, 15) is 13.2 Å². The van der Waals surface area contributed by atoms with Crippen LogP contribution >= 0.6 is 11.6 Å². The van der Waals surface area contributed by atoms with Crippen molar-refractivity contribution in [3.8, 4) is 0 Å². The van der Waals surface area contributed by atoms with Crippen molar-refractivity contribution in [2.24, 2.45) is 0 Å². The van der Waals surface area contributed by atoms with Gasteiger partial charge in [0.1, 0.15) is 0 Å². The molecule has 0 saturated carbocycles. The van der Waals surface area contributed by atoms with Gasteiger partial charge in [-0.25, -0.2) is 8.42 Å². The topological polar surface area (TPSA) is 79.4 Å². The molecule has 1 heterocycles. The molecule has 4 aromatic carbocycles. The molecule has 8 heteroatoms. The molecule has 5 aromatic rings. The zero-order valence-electron chi connectivity index (χ0n) is 22.4. The zero-order valence-corrected chi connectivity index (χ0v) is 23.9. The minimum Gasteiger partial charge on any atom is -0.322 e. The maximum atomic E-state index is 13.7. The molecule has 0 saturated heterocycles. The Kier molecular flexibility index (Phi) is 8.47. The highest BCUT2D eigenvalue weighted by molar-refractivity contribution is 7.92. The molecule has 1 amide bonds. The van der Waals surface area contributed by atoms with E-state index in [4.69, 9.17) is 11.6 Å². The SMILES string of the molecule is Cc1ccc(Cl)cc1N(Cc1ccc(C(=O)Nc2ccc(Cc3ccncc3)cc2)cc1)S(=O)(=O)c1ccccc1. The van der Waals surface area contributed by atoms with Crippen LogP contribution in [-0.4, -0.2) is 19.3 Å². The third-order valence-corrected chi connectivity index (χ3v) is 8.69. The van der Waals surface area contributed by atoms with Crippen molar-refractivity contribution in [2.45, 2.75) is 24.8 Å². The van der Waals surface area contributed by atoms with Crippen molar-refractivity contribution in [2.75, 3.05) is 9.62 Å². The summed E-state index contributed by atoms with van der Waals surface area (Å²) < 4.78 is 28.8. The van der Waals surface area contributed by atoms with Gasteiger partial charge in [0, 0.05) is 28.7 Å². The lowest BCUT2D eigenvalue weighted by atomic mass is 10.1. The predicted molar refractivity (Wildman–Crippen MR) is 164 cm³/mol. The van der Waals surface area contributed by atoms with Crippen molar-refractivity contribution in [1.82, 2.24) is 4.98 Å². The van der Waals surface area contributed by atoms with Crippen LogP contribution in [0.25, 0.3) is 0 Å². The standard InChI is InChI=1S/C33H28ClN3O3S/c1-24-7-14-29(34)22-32(24)37(41(39,40)31-5-3-2-4-6-31)23-27-8-12-28(13-9-27)33(38)36-30-15-10-25(11-16-30)21-26-17-19-35-20-18-26/h2-20,22H,21,23H2,1H3,(H,36,38). The van der Waals surface area contributed by atoms with E-state index in [2.05, 4.69) is 10.3 Å². The summed E-state index contributed by atoms with van der Waals surface area (Å²) in [5.74, 6) is -0.252. The number of aryl methyl sites for hydroxylation is 1. The number of anilines is 2. The Morgan fingerprint density at radius 3 is 2.12 bits per heavy atom. The number of aromatic nitrogens is 1. The van der Waals surface area contributed by atoms with Gasteiger partial charge in [0.25, 0.3) is 15.9 Å². The van der Waals surface area contributed by atoms with Crippen molar-refractivity contribution in [3.05, 3.63) is 154 Å². The summed E-state index contributed by atoms with van der Waals surface area (Å²) in [6, 6.07) is 32.1. The molecule has 0 unspecified atom stereocenters. The highest BCUT2D eigenvalue weighted by Crippen LogP contribution is 2.31. The lowest BCUT2D eigenvalue weighted by molar-refractivity contribution is 0.102. The zero-order chi connectivity index (χ0) is 28.8. The number of halogens is 1. The van der Waals surface area contributed by atoms with Crippen LogP contribution in [0.15, 0.2) is 126 Å². The smallest absolute Gasteiger partial charge is 0.264 e. The van der Waals surface area contributed by atoms with Gasteiger partial charge in [0.2, 0.25) is 0 Å². The Balaban J connectivity index is 1.32. The second kappa shape index (κ2) is 12.4. The second-order valence-electron chi connectivity index (χ2n) is 9.64. The van der Waals surface area contributed by atoms with E-state index >= 15 is 0 Å². The van der Waals surface area contributed by atoms with Crippen LogP contribution in [0.2, 0.25) is 5.02 Å². The molecule has 6 nitrogen and oxygen atoms in total. The lowest BCUT2D eigenvalue weighted by Crippen LogP contribution is -2.31. The third kappa shape index (κ3) is 6.82. The van der Waals surface area contributed by atoms with Crippen LogP contribution in [0, 0.1) is 6.92 Å². The first-order valence-electron chi connectivity index (χ1n) is 13.0. The molecule has 1 N–H and O–H groups in total. The molecule has 1 aromatic heterocycles. The van der Waals surface area contributed by atoms with Crippen LogP contribution in [-0.2, 0) is 23.0 Å². The Morgan fingerprint density at radius 2 is 1.44 bits per heavy atom. The minimum absolute atomic E-state index is 0.0687. The third-order valence-electron chi connectivity index (χ3n) is 6.68. The Hall–Kier alpha value is -4.46. The summed E-state index contributed by atoms with van der Waals surface area (Å²) in [7, 11) is -3.89. The van der Waals surface area contributed by atoms with E-state index in [1.807, 2.05) is 43.3 Å². The quantitative estimate of drug-likeness (QED) is 0.198. The molecule has 0 radical (unpaired) electrons. The van der Waals surface area contributed by atoms with E-state index in [-0.39, 0.29) is 17.3 Å².